The molecule has 0 atom stereocenters. The normalized spacial score (nSPS) is 11.7. The second-order valence-corrected chi connectivity index (χ2v) is 12.5. The van der Waals surface area contributed by atoms with Gasteiger partial charge in [-0.3, -0.25) is 4.98 Å². The number of nitrogens with zero attached hydrogens (tertiary/aromatic N) is 4. The Kier molecular flexibility index (Phi) is 5.90. The molecule has 0 bridgehead atoms. The van der Waals surface area contributed by atoms with E-state index in [1.54, 1.807) is 0 Å². The van der Waals surface area contributed by atoms with E-state index in [9.17, 15) is 5.26 Å². The van der Waals surface area contributed by atoms with Crippen molar-refractivity contribution >= 4 is 65.2 Å². The molecule has 226 valence electrons. The molecule has 3 heterocycles. The van der Waals surface area contributed by atoms with E-state index in [1.165, 1.54) is 10.8 Å². The molecule has 0 aliphatic rings. The molecule has 10 rings (SSSR count). The van der Waals surface area contributed by atoms with Crippen molar-refractivity contribution in [3.8, 4) is 34.1 Å². The summed E-state index contributed by atoms with van der Waals surface area (Å²) < 4.78 is 2.28. The summed E-state index contributed by atoms with van der Waals surface area (Å²) in [6, 6.07) is 55.2. The summed E-state index contributed by atoms with van der Waals surface area (Å²) in [7, 11) is 0. The van der Waals surface area contributed by atoms with E-state index in [0.717, 1.165) is 82.5 Å². The van der Waals surface area contributed by atoms with Gasteiger partial charge in [0.2, 0.25) is 0 Å². The van der Waals surface area contributed by atoms with E-state index in [2.05, 4.69) is 138 Å². The lowest BCUT2D eigenvalue weighted by Crippen LogP contribution is -1.93. The van der Waals surface area contributed by atoms with Crippen LogP contribution in [0.25, 0.3) is 93.2 Å². The Balaban J connectivity index is 1.26. The zero-order chi connectivity index (χ0) is 32.5. The fraction of sp³-hybridized carbons (Fsp3) is 0. The molecule has 10 aromatic rings. The first-order valence-corrected chi connectivity index (χ1v) is 16.4. The molecule has 4 nitrogen and oxygen atoms in total. The number of pyridine rings is 2. The molecule has 0 spiro atoms. The average molecular weight is 623 g/mol. The molecular weight excluding hydrogens is 597 g/mol. The van der Waals surface area contributed by atoms with E-state index < -0.39 is 0 Å². The van der Waals surface area contributed by atoms with Crippen molar-refractivity contribution < 1.29 is 0 Å². The number of aromatic nitrogens is 3. The van der Waals surface area contributed by atoms with Crippen LogP contribution < -0.4 is 0 Å². The third kappa shape index (κ3) is 4.16. The van der Waals surface area contributed by atoms with Gasteiger partial charge in [-0.15, -0.1) is 0 Å². The third-order valence-corrected chi connectivity index (χ3v) is 9.80. The predicted molar refractivity (Wildman–Crippen MR) is 202 cm³/mol. The van der Waals surface area contributed by atoms with Crippen molar-refractivity contribution in [2.24, 2.45) is 0 Å². The summed E-state index contributed by atoms with van der Waals surface area (Å²) in [5.41, 5.74) is 10.0. The molecule has 0 aliphatic heterocycles. The lowest BCUT2D eigenvalue weighted by atomic mass is 9.93. The van der Waals surface area contributed by atoms with Crippen molar-refractivity contribution in [2.45, 2.75) is 0 Å². The molecule has 4 heteroatoms. The maximum absolute atomic E-state index is 9.76. The highest BCUT2D eigenvalue weighted by atomic mass is 15.0. The molecule has 0 unspecified atom stereocenters. The van der Waals surface area contributed by atoms with Gasteiger partial charge in [-0.05, 0) is 77.2 Å². The van der Waals surface area contributed by atoms with Crippen LogP contribution in [0.3, 0.4) is 0 Å². The zero-order valence-electron chi connectivity index (χ0n) is 26.3. The SMILES string of the molecule is N#Cc1ccc2c(c1)c1cc(-c3ccc4c(c3)nc(-c3ccccc3)c3ccc5ncc6ccccc6c5c34)ccc1n2-c1ccccc1. The minimum absolute atomic E-state index is 0.648. The standard InChI is InChI=1S/C45H26N4/c46-26-28-15-21-41-37(23-28)38-24-30(17-22-42(38)49(41)33-12-5-2-6-13-33)31-16-18-35-40(25-31)48-45(29-9-3-1-4-10-29)36-19-20-39-44(43(35)36)34-14-8-7-11-32(34)27-47-39/h1-25,27H. The number of para-hydroxylation sites is 1. The highest BCUT2D eigenvalue weighted by molar-refractivity contribution is 6.28. The number of hydrogen-bond acceptors (Lipinski definition) is 3. The van der Waals surface area contributed by atoms with Gasteiger partial charge in [0.25, 0.3) is 0 Å². The first-order chi connectivity index (χ1) is 24.2. The lowest BCUT2D eigenvalue weighted by Gasteiger charge is -2.15. The van der Waals surface area contributed by atoms with Crippen molar-refractivity contribution in [1.29, 1.82) is 5.26 Å². The van der Waals surface area contributed by atoms with Crippen LogP contribution >= 0.6 is 0 Å². The van der Waals surface area contributed by atoms with Crippen LogP contribution in [-0.4, -0.2) is 14.5 Å². The molecule has 49 heavy (non-hydrogen) atoms. The monoisotopic (exact) mass is 622 g/mol. The Morgan fingerprint density at radius 3 is 2.02 bits per heavy atom. The van der Waals surface area contributed by atoms with Gasteiger partial charge < -0.3 is 4.57 Å². The molecule has 0 aliphatic carbocycles. The molecular formula is C45H26N4. The fourth-order valence-electron chi connectivity index (χ4n) is 7.56. The van der Waals surface area contributed by atoms with Crippen LogP contribution in [0, 0.1) is 11.3 Å². The summed E-state index contributed by atoms with van der Waals surface area (Å²) in [6.45, 7) is 0. The average Bonchev–Trinajstić information content (AvgIpc) is 3.50. The molecule has 3 aromatic heterocycles. The zero-order valence-corrected chi connectivity index (χ0v) is 26.3. The molecule has 0 radical (unpaired) electrons. The van der Waals surface area contributed by atoms with Crippen LogP contribution in [0.15, 0.2) is 158 Å². The highest BCUT2D eigenvalue weighted by Gasteiger charge is 2.18. The lowest BCUT2D eigenvalue weighted by molar-refractivity contribution is 1.18. The van der Waals surface area contributed by atoms with Crippen molar-refractivity contribution in [3.63, 3.8) is 0 Å². The minimum Gasteiger partial charge on any atom is -0.309 e. The number of fused-ring (bicyclic) bond motifs is 10. The van der Waals surface area contributed by atoms with Crippen molar-refractivity contribution in [3.05, 3.63) is 163 Å². The first kappa shape index (κ1) is 27.3. The van der Waals surface area contributed by atoms with Gasteiger partial charge in [-0.25, -0.2) is 4.98 Å². The molecule has 0 saturated carbocycles. The summed E-state index contributed by atoms with van der Waals surface area (Å²) >= 11 is 0. The largest absolute Gasteiger partial charge is 0.309 e. The minimum atomic E-state index is 0.648. The first-order valence-electron chi connectivity index (χ1n) is 16.4. The third-order valence-electron chi connectivity index (χ3n) is 9.80. The van der Waals surface area contributed by atoms with E-state index in [-0.39, 0.29) is 0 Å². The maximum atomic E-state index is 9.76. The number of benzene rings is 7. The topological polar surface area (TPSA) is 54.5 Å². The van der Waals surface area contributed by atoms with Gasteiger partial charge in [0.05, 0.1) is 39.4 Å². The van der Waals surface area contributed by atoms with Crippen LogP contribution in [0.4, 0.5) is 0 Å². The molecule has 0 saturated heterocycles. The smallest absolute Gasteiger partial charge is 0.0991 e. The van der Waals surface area contributed by atoms with Gasteiger partial charge in [-0.2, -0.15) is 5.26 Å². The molecule has 0 amide bonds. The van der Waals surface area contributed by atoms with Crippen molar-refractivity contribution in [1.82, 2.24) is 14.5 Å². The summed E-state index contributed by atoms with van der Waals surface area (Å²) in [4.78, 5) is 10.2. The van der Waals surface area contributed by atoms with Crippen LogP contribution in [0.2, 0.25) is 0 Å². The Hall–Kier alpha value is -6.83. The van der Waals surface area contributed by atoms with Gasteiger partial charge >= 0.3 is 0 Å². The van der Waals surface area contributed by atoms with E-state index in [1.807, 2.05) is 30.5 Å². The fourth-order valence-corrected chi connectivity index (χ4v) is 7.56. The predicted octanol–water partition coefficient (Wildman–Crippen LogP) is 11.4. The quantitative estimate of drug-likeness (QED) is 0.184. The molecule has 0 fully saturated rings. The highest BCUT2D eigenvalue weighted by Crippen LogP contribution is 2.41. The van der Waals surface area contributed by atoms with Gasteiger partial charge in [0.15, 0.2) is 0 Å². The Labute approximate surface area is 281 Å². The van der Waals surface area contributed by atoms with Gasteiger partial charge in [0.1, 0.15) is 0 Å². The summed E-state index contributed by atoms with van der Waals surface area (Å²) in [5.74, 6) is 0. The van der Waals surface area contributed by atoms with E-state index in [4.69, 9.17) is 9.97 Å². The van der Waals surface area contributed by atoms with Gasteiger partial charge in [0, 0.05) is 55.2 Å². The van der Waals surface area contributed by atoms with Gasteiger partial charge in [-0.1, -0.05) is 91.0 Å². The Morgan fingerprint density at radius 1 is 0.490 bits per heavy atom. The van der Waals surface area contributed by atoms with E-state index in [0.29, 0.717) is 5.56 Å². The molecule has 0 N–H and O–H groups in total. The Bertz CT molecular complexity index is 2990. The van der Waals surface area contributed by atoms with Crippen LogP contribution in [-0.2, 0) is 0 Å². The maximum Gasteiger partial charge on any atom is 0.0991 e. The number of hydrogen-bond donors (Lipinski definition) is 0. The Morgan fingerprint density at radius 2 is 1.18 bits per heavy atom. The van der Waals surface area contributed by atoms with E-state index >= 15 is 0 Å². The second-order valence-electron chi connectivity index (χ2n) is 12.5. The summed E-state index contributed by atoms with van der Waals surface area (Å²) in [5, 5.41) is 18.8. The second kappa shape index (κ2) is 10.6. The summed E-state index contributed by atoms with van der Waals surface area (Å²) in [6.07, 6.45) is 1.97. The number of nitriles is 1. The van der Waals surface area contributed by atoms with Crippen LogP contribution in [0.1, 0.15) is 5.56 Å². The molecule has 7 aromatic carbocycles. The van der Waals surface area contributed by atoms with Crippen LogP contribution in [0.5, 0.6) is 0 Å². The van der Waals surface area contributed by atoms with Crippen molar-refractivity contribution in [2.75, 3.05) is 0 Å². The number of rotatable bonds is 3.